The minimum absolute atomic E-state index is 0.00166. The van der Waals surface area contributed by atoms with E-state index in [1.54, 1.807) is 13.3 Å². The van der Waals surface area contributed by atoms with E-state index in [-0.39, 0.29) is 12.5 Å². The molecular formula is C23H23F3N4O2. The van der Waals surface area contributed by atoms with Gasteiger partial charge in [-0.15, -0.1) is 0 Å². The molecule has 0 bridgehead atoms. The van der Waals surface area contributed by atoms with Crippen LogP contribution in [-0.4, -0.2) is 48.8 Å². The largest absolute Gasteiger partial charge is 0.497 e. The van der Waals surface area contributed by atoms with E-state index in [0.29, 0.717) is 31.9 Å². The number of amides is 1. The molecule has 0 saturated carbocycles. The molecule has 0 aliphatic carbocycles. The number of fused-ring (bicyclic) bond motifs is 1. The second-order valence-corrected chi connectivity index (χ2v) is 7.81. The third kappa shape index (κ3) is 4.92. The Labute approximate surface area is 183 Å². The van der Waals surface area contributed by atoms with Crippen LogP contribution in [0.5, 0.6) is 5.75 Å². The van der Waals surface area contributed by atoms with Crippen LogP contribution in [0.25, 0.3) is 22.0 Å². The maximum atomic E-state index is 12.3. The third-order valence-corrected chi connectivity index (χ3v) is 5.69. The maximum Gasteiger partial charge on any atom is 0.471 e. The first-order valence-corrected chi connectivity index (χ1v) is 10.3. The summed E-state index contributed by atoms with van der Waals surface area (Å²) in [6, 6.07) is 13.8. The number of rotatable bonds is 5. The van der Waals surface area contributed by atoms with E-state index in [9.17, 15) is 18.0 Å². The molecule has 168 valence electrons. The van der Waals surface area contributed by atoms with Crippen LogP contribution in [0.15, 0.2) is 48.7 Å². The van der Waals surface area contributed by atoms with Gasteiger partial charge in [-0.05, 0) is 53.8 Å². The Hall–Kier alpha value is -3.36. The molecule has 1 N–H and O–H groups in total. The van der Waals surface area contributed by atoms with Crippen molar-refractivity contribution in [3.63, 3.8) is 0 Å². The third-order valence-electron chi connectivity index (χ3n) is 5.69. The smallest absolute Gasteiger partial charge is 0.471 e. The van der Waals surface area contributed by atoms with Crippen LogP contribution in [0.2, 0.25) is 0 Å². The number of ether oxygens (including phenoxy) is 1. The lowest BCUT2D eigenvalue weighted by molar-refractivity contribution is -0.173. The molecular weight excluding hydrogens is 421 g/mol. The Morgan fingerprint density at radius 3 is 2.56 bits per heavy atom. The quantitative estimate of drug-likeness (QED) is 0.639. The molecule has 32 heavy (non-hydrogen) atoms. The number of hydrogen-bond donors (Lipinski definition) is 1. The fraction of sp³-hybridized carbons (Fsp3) is 0.348. The predicted molar refractivity (Wildman–Crippen MR) is 116 cm³/mol. The van der Waals surface area contributed by atoms with Crippen LogP contribution in [-0.2, 0) is 4.79 Å². The average Bonchev–Trinajstić information content (AvgIpc) is 2.81. The van der Waals surface area contributed by atoms with Gasteiger partial charge in [0.15, 0.2) is 0 Å². The van der Waals surface area contributed by atoms with E-state index >= 15 is 0 Å². The lowest BCUT2D eigenvalue weighted by Crippen LogP contribution is -2.43. The molecule has 1 aliphatic rings. The van der Waals surface area contributed by atoms with Crippen molar-refractivity contribution in [1.29, 1.82) is 0 Å². The highest BCUT2D eigenvalue weighted by atomic mass is 19.4. The molecule has 2 heterocycles. The SMILES string of the molecule is COc1ccc2cc(-c3ccnc(N4CCC(CNC(=O)C(F)(F)F)CC4)n3)ccc2c1. The van der Waals surface area contributed by atoms with Crippen molar-refractivity contribution >= 4 is 22.6 Å². The van der Waals surface area contributed by atoms with Gasteiger partial charge in [0.05, 0.1) is 12.8 Å². The van der Waals surface area contributed by atoms with Gasteiger partial charge in [-0.1, -0.05) is 18.2 Å². The maximum absolute atomic E-state index is 12.3. The van der Waals surface area contributed by atoms with E-state index < -0.39 is 12.1 Å². The highest BCUT2D eigenvalue weighted by molar-refractivity contribution is 5.88. The molecule has 1 aliphatic heterocycles. The Bertz CT molecular complexity index is 1110. The summed E-state index contributed by atoms with van der Waals surface area (Å²) < 4.78 is 42.3. The van der Waals surface area contributed by atoms with Crippen molar-refractivity contribution in [2.24, 2.45) is 5.92 Å². The first kappa shape index (κ1) is 21.9. The zero-order valence-corrected chi connectivity index (χ0v) is 17.5. The van der Waals surface area contributed by atoms with Gasteiger partial charge in [0.25, 0.3) is 0 Å². The van der Waals surface area contributed by atoms with Crippen molar-refractivity contribution < 1.29 is 22.7 Å². The number of halogens is 3. The summed E-state index contributed by atoms with van der Waals surface area (Å²) in [5, 5.41) is 4.12. The van der Waals surface area contributed by atoms with Gasteiger partial charge >= 0.3 is 12.1 Å². The van der Waals surface area contributed by atoms with Crippen LogP contribution < -0.4 is 15.0 Å². The predicted octanol–water partition coefficient (Wildman–Crippen LogP) is 4.20. The Balaban J connectivity index is 1.42. The highest BCUT2D eigenvalue weighted by Crippen LogP contribution is 2.28. The molecule has 0 atom stereocenters. The van der Waals surface area contributed by atoms with Gasteiger partial charge in [0.2, 0.25) is 5.95 Å². The summed E-state index contributed by atoms with van der Waals surface area (Å²) in [6.45, 7) is 1.26. The number of nitrogens with one attached hydrogen (secondary N) is 1. The second kappa shape index (κ2) is 9.02. The highest BCUT2D eigenvalue weighted by Gasteiger charge is 2.38. The second-order valence-electron chi connectivity index (χ2n) is 7.81. The normalized spacial score (nSPS) is 15.1. The molecule has 9 heteroatoms. The summed E-state index contributed by atoms with van der Waals surface area (Å²) in [4.78, 5) is 22.1. The summed E-state index contributed by atoms with van der Waals surface area (Å²) in [5.41, 5.74) is 1.77. The van der Waals surface area contributed by atoms with E-state index in [2.05, 4.69) is 11.1 Å². The van der Waals surface area contributed by atoms with Gasteiger partial charge in [0, 0.05) is 31.4 Å². The number of benzene rings is 2. The van der Waals surface area contributed by atoms with Crippen LogP contribution in [0.3, 0.4) is 0 Å². The van der Waals surface area contributed by atoms with Crippen molar-refractivity contribution in [1.82, 2.24) is 15.3 Å². The van der Waals surface area contributed by atoms with Gasteiger partial charge in [-0.3, -0.25) is 4.79 Å². The Morgan fingerprint density at radius 2 is 1.84 bits per heavy atom. The van der Waals surface area contributed by atoms with Crippen molar-refractivity contribution in [3.05, 3.63) is 48.7 Å². The number of carbonyl (C=O) groups excluding carboxylic acids is 1. The zero-order valence-electron chi connectivity index (χ0n) is 17.5. The number of nitrogens with zero attached hydrogens (tertiary/aromatic N) is 3. The van der Waals surface area contributed by atoms with Crippen molar-refractivity contribution in [2.45, 2.75) is 19.0 Å². The topological polar surface area (TPSA) is 67.3 Å². The number of carbonyl (C=O) groups is 1. The Kier molecular flexibility index (Phi) is 6.16. The monoisotopic (exact) mass is 444 g/mol. The van der Waals surface area contributed by atoms with Gasteiger partial charge < -0.3 is 15.0 Å². The minimum Gasteiger partial charge on any atom is -0.497 e. The minimum atomic E-state index is -4.84. The van der Waals surface area contributed by atoms with E-state index in [1.807, 2.05) is 46.6 Å². The van der Waals surface area contributed by atoms with E-state index in [4.69, 9.17) is 9.72 Å². The van der Waals surface area contributed by atoms with Crippen LogP contribution >= 0.6 is 0 Å². The molecule has 0 spiro atoms. The first-order valence-electron chi connectivity index (χ1n) is 10.3. The number of hydrogen-bond acceptors (Lipinski definition) is 5. The molecule has 1 amide bonds. The van der Waals surface area contributed by atoms with E-state index in [1.165, 1.54) is 0 Å². The molecule has 2 aromatic carbocycles. The van der Waals surface area contributed by atoms with Crippen LogP contribution in [0.1, 0.15) is 12.8 Å². The van der Waals surface area contributed by atoms with E-state index in [0.717, 1.165) is 27.8 Å². The number of anilines is 1. The van der Waals surface area contributed by atoms with Crippen molar-refractivity contribution in [3.8, 4) is 17.0 Å². The number of aromatic nitrogens is 2. The zero-order chi connectivity index (χ0) is 22.7. The molecule has 4 rings (SSSR count). The summed E-state index contributed by atoms with van der Waals surface area (Å²) in [6.07, 6.45) is -1.82. The molecule has 0 unspecified atom stereocenters. The van der Waals surface area contributed by atoms with Crippen molar-refractivity contribution in [2.75, 3.05) is 31.6 Å². The summed E-state index contributed by atoms with van der Waals surface area (Å²) >= 11 is 0. The summed E-state index contributed by atoms with van der Waals surface area (Å²) in [5.74, 6) is -0.492. The molecule has 3 aromatic rings. The lowest BCUT2D eigenvalue weighted by atomic mass is 9.97. The van der Waals surface area contributed by atoms with Gasteiger partial charge in [0.1, 0.15) is 5.75 Å². The first-order chi connectivity index (χ1) is 15.3. The number of piperidine rings is 1. The number of methoxy groups -OCH3 is 1. The van der Waals surface area contributed by atoms with Crippen LogP contribution in [0, 0.1) is 5.92 Å². The molecule has 1 saturated heterocycles. The molecule has 0 radical (unpaired) electrons. The molecule has 1 fully saturated rings. The number of alkyl halides is 3. The van der Waals surface area contributed by atoms with Gasteiger partial charge in [-0.25, -0.2) is 9.97 Å². The average molecular weight is 444 g/mol. The van der Waals surface area contributed by atoms with Gasteiger partial charge in [-0.2, -0.15) is 13.2 Å². The van der Waals surface area contributed by atoms with Crippen LogP contribution in [0.4, 0.5) is 19.1 Å². The fourth-order valence-electron chi connectivity index (χ4n) is 3.85. The Morgan fingerprint density at radius 1 is 1.12 bits per heavy atom. The molecule has 6 nitrogen and oxygen atoms in total. The summed E-state index contributed by atoms with van der Waals surface area (Å²) in [7, 11) is 1.64. The fourth-order valence-corrected chi connectivity index (χ4v) is 3.85. The lowest BCUT2D eigenvalue weighted by Gasteiger charge is -2.32. The molecule has 1 aromatic heterocycles. The standard InChI is InChI=1S/C23H23F3N4O2/c1-32-19-5-4-16-12-18(3-2-17(16)13-19)20-6-9-27-22(29-20)30-10-7-15(8-11-30)14-28-21(31)23(24,25)26/h2-6,9,12-13,15H,7-8,10-11,14H2,1H3,(H,28,31).